The Balaban J connectivity index is 1.85. The van der Waals surface area contributed by atoms with Crippen LogP contribution < -0.4 is 11.1 Å². The number of benzene rings is 1. The summed E-state index contributed by atoms with van der Waals surface area (Å²) in [6.45, 7) is 1.71. The van der Waals surface area contributed by atoms with Gasteiger partial charge in [-0.1, -0.05) is 30.3 Å². The summed E-state index contributed by atoms with van der Waals surface area (Å²) in [6, 6.07) is 13.2. The van der Waals surface area contributed by atoms with Crippen molar-refractivity contribution in [2.45, 2.75) is 13.3 Å². The van der Waals surface area contributed by atoms with Crippen molar-refractivity contribution in [2.24, 2.45) is 5.73 Å². The molecule has 5 nitrogen and oxygen atoms in total. The van der Waals surface area contributed by atoms with Gasteiger partial charge in [0.2, 0.25) is 0 Å². The SMILES string of the molecule is Cc1occc1C(=O)Nc1sc(Cc2ccccc2)cc1C(N)=O. The van der Waals surface area contributed by atoms with Crippen LogP contribution >= 0.6 is 11.3 Å². The second kappa shape index (κ2) is 6.72. The quantitative estimate of drug-likeness (QED) is 0.744. The van der Waals surface area contributed by atoms with Crippen molar-refractivity contribution >= 4 is 28.2 Å². The van der Waals surface area contributed by atoms with Gasteiger partial charge in [-0.2, -0.15) is 0 Å². The lowest BCUT2D eigenvalue weighted by atomic mass is 10.1. The van der Waals surface area contributed by atoms with Crippen LogP contribution in [0.2, 0.25) is 0 Å². The van der Waals surface area contributed by atoms with Crippen LogP contribution in [0.1, 0.15) is 36.9 Å². The van der Waals surface area contributed by atoms with E-state index in [1.165, 1.54) is 17.6 Å². The van der Waals surface area contributed by atoms with Gasteiger partial charge in [-0.3, -0.25) is 9.59 Å². The van der Waals surface area contributed by atoms with E-state index in [1.807, 2.05) is 30.3 Å². The first-order chi connectivity index (χ1) is 11.5. The first-order valence-electron chi connectivity index (χ1n) is 7.36. The molecule has 122 valence electrons. The summed E-state index contributed by atoms with van der Waals surface area (Å²) >= 11 is 1.35. The number of carbonyl (C=O) groups excluding carboxylic acids is 2. The summed E-state index contributed by atoms with van der Waals surface area (Å²) in [5, 5.41) is 3.22. The summed E-state index contributed by atoms with van der Waals surface area (Å²) in [6.07, 6.45) is 2.13. The summed E-state index contributed by atoms with van der Waals surface area (Å²) in [5.74, 6) is -0.365. The number of aryl methyl sites for hydroxylation is 1. The van der Waals surface area contributed by atoms with E-state index in [0.717, 1.165) is 10.4 Å². The summed E-state index contributed by atoms with van der Waals surface area (Å²) in [5.41, 5.74) is 7.32. The van der Waals surface area contributed by atoms with E-state index in [1.54, 1.807) is 19.1 Å². The Morgan fingerprint density at radius 3 is 2.54 bits per heavy atom. The molecule has 0 aliphatic carbocycles. The first-order valence-corrected chi connectivity index (χ1v) is 8.18. The number of carbonyl (C=O) groups is 2. The number of furan rings is 1. The number of nitrogens with two attached hydrogens (primary N) is 1. The Bertz CT molecular complexity index is 881. The smallest absolute Gasteiger partial charge is 0.259 e. The second-order valence-corrected chi connectivity index (χ2v) is 6.46. The molecule has 0 spiro atoms. The maximum absolute atomic E-state index is 12.3. The van der Waals surface area contributed by atoms with Crippen LogP contribution in [0.4, 0.5) is 5.00 Å². The van der Waals surface area contributed by atoms with Crippen LogP contribution in [0.15, 0.2) is 53.1 Å². The number of nitrogens with one attached hydrogen (secondary N) is 1. The zero-order valence-corrected chi connectivity index (χ0v) is 13.9. The molecule has 2 aromatic heterocycles. The molecule has 0 fully saturated rings. The Kier molecular flexibility index (Phi) is 4.48. The van der Waals surface area contributed by atoms with E-state index in [4.69, 9.17) is 10.2 Å². The maximum Gasteiger partial charge on any atom is 0.259 e. The van der Waals surface area contributed by atoms with Crippen LogP contribution in [0, 0.1) is 6.92 Å². The van der Waals surface area contributed by atoms with Gasteiger partial charge >= 0.3 is 0 Å². The topological polar surface area (TPSA) is 85.3 Å². The van der Waals surface area contributed by atoms with Crippen LogP contribution in [-0.4, -0.2) is 11.8 Å². The third-order valence-corrected chi connectivity index (χ3v) is 4.65. The normalized spacial score (nSPS) is 10.5. The number of hydrogen-bond acceptors (Lipinski definition) is 4. The van der Waals surface area contributed by atoms with Gasteiger partial charge in [0.15, 0.2) is 0 Å². The molecule has 3 rings (SSSR count). The van der Waals surface area contributed by atoms with Gasteiger partial charge in [0.05, 0.1) is 17.4 Å². The van der Waals surface area contributed by atoms with Gasteiger partial charge in [0.1, 0.15) is 10.8 Å². The summed E-state index contributed by atoms with van der Waals surface area (Å²) in [7, 11) is 0. The van der Waals surface area contributed by atoms with E-state index >= 15 is 0 Å². The van der Waals surface area contributed by atoms with Crippen molar-refractivity contribution in [3.8, 4) is 0 Å². The Hall–Kier alpha value is -2.86. The predicted molar refractivity (Wildman–Crippen MR) is 93.5 cm³/mol. The molecule has 0 aliphatic rings. The molecule has 0 saturated heterocycles. The molecule has 2 heterocycles. The minimum Gasteiger partial charge on any atom is -0.469 e. The minimum absolute atomic E-state index is 0.320. The molecule has 3 aromatic rings. The zero-order valence-electron chi connectivity index (χ0n) is 13.0. The highest BCUT2D eigenvalue weighted by Gasteiger charge is 2.18. The molecule has 0 unspecified atom stereocenters. The third-order valence-electron chi connectivity index (χ3n) is 3.60. The molecule has 0 bridgehead atoms. The van der Waals surface area contributed by atoms with Crippen molar-refractivity contribution in [2.75, 3.05) is 5.32 Å². The minimum atomic E-state index is -0.565. The predicted octanol–water partition coefficient (Wildman–Crippen LogP) is 3.59. The monoisotopic (exact) mass is 340 g/mol. The lowest BCUT2D eigenvalue weighted by molar-refractivity contribution is 0.100. The lowest BCUT2D eigenvalue weighted by Crippen LogP contribution is -2.16. The van der Waals surface area contributed by atoms with Gasteiger partial charge in [0, 0.05) is 11.3 Å². The van der Waals surface area contributed by atoms with Gasteiger partial charge < -0.3 is 15.5 Å². The number of rotatable bonds is 5. The maximum atomic E-state index is 12.3. The molecular formula is C18H16N2O3S. The fourth-order valence-electron chi connectivity index (χ4n) is 2.39. The molecule has 0 atom stereocenters. The van der Waals surface area contributed by atoms with Crippen molar-refractivity contribution in [1.29, 1.82) is 0 Å². The number of thiophene rings is 1. The van der Waals surface area contributed by atoms with Gasteiger partial charge in [-0.25, -0.2) is 0 Å². The Labute approximate surface area is 143 Å². The van der Waals surface area contributed by atoms with E-state index < -0.39 is 5.91 Å². The second-order valence-electron chi connectivity index (χ2n) is 5.33. The molecule has 0 aliphatic heterocycles. The number of anilines is 1. The Morgan fingerprint density at radius 2 is 1.92 bits per heavy atom. The summed E-state index contributed by atoms with van der Waals surface area (Å²) in [4.78, 5) is 25.0. The largest absolute Gasteiger partial charge is 0.469 e. The van der Waals surface area contributed by atoms with Crippen LogP contribution in [0.5, 0.6) is 0 Å². The van der Waals surface area contributed by atoms with E-state index in [9.17, 15) is 9.59 Å². The van der Waals surface area contributed by atoms with Crippen molar-refractivity contribution < 1.29 is 14.0 Å². The average Bonchev–Trinajstić information content (AvgIpc) is 3.14. The highest BCUT2D eigenvalue weighted by atomic mass is 32.1. The molecular weight excluding hydrogens is 324 g/mol. The molecule has 0 saturated carbocycles. The van der Waals surface area contributed by atoms with Gasteiger partial charge in [-0.15, -0.1) is 11.3 Å². The summed E-state index contributed by atoms with van der Waals surface area (Å²) < 4.78 is 5.14. The van der Waals surface area contributed by atoms with Crippen LogP contribution in [-0.2, 0) is 6.42 Å². The van der Waals surface area contributed by atoms with Crippen LogP contribution in [0.3, 0.4) is 0 Å². The lowest BCUT2D eigenvalue weighted by Gasteiger charge is -2.03. The molecule has 6 heteroatoms. The Morgan fingerprint density at radius 1 is 1.17 bits per heavy atom. The molecule has 24 heavy (non-hydrogen) atoms. The van der Waals surface area contributed by atoms with E-state index in [2.05, 4.69) is 5.32 Å². The fourth-order valence-corrected chi connectivity index (χ4v) is 3.48. The van der Waals surface area contributed by atoms with E-state index in [-0.39, 0.29) is 5.91 Å². The molecule has 1 aromatic carbocycles. The number of primary amides is 1. The van der Waals surface area contributed by atoms with Gasteiger partial charge in [-0.05, 0) is 24.6 Å². The van der Waals surface area contributed by atoms with Crippen LogP contribution in [0.25, 0.3) is 0 Å². The average molecular weight is 340 g/mol. The first kappa shape index (κ1) is 16.0. The molecule has 2 amide bonds. The molecule has 3 N–H and O–H groups in total. The highest BCUT2D eigenvalue weighted by molar-refractivity contribution is 7.16. The van der Waals surface area contributed by atoms with E-state index in [0.29, 0.717) is 28.3 Å². The third kappa shape index (κ3) is 3.38. The van der Waals surface area contributed by atoms with Crippen molar-refractivity contribution in [3.05, 3.63) is 76.1 Å². The van der Waals surface area contributed by atoms with Gasteiger partial charge in [0.25, 0.3) is 11.8 Å². The number of hydrogen-bond donors (Lipinski definition) is 2. The number of amides is 2. The standard InChI is InChI=1S/C18H16N2O3S/c1-11-14(7-8-23-11)17(22)20-18-15(16(19)21)10-13(24-18)9-12-5-3-2-4-6-12/h2-8,10H,9H2,1H3,(H2,19,21)(H,20,22). The highest BCUT2D eigenvalue weighted by Crippen LogP contribution is 2.30. The molecule has 0 radical (unpaired) electrons. The zero-order chi connectivity index (χ0) is 17.1. The fraction of sp³-hybridized carbons (Fsp3) is 0.111. The van der Waals surface area contributed by atoms with Crippen molar-refractivity contribution in [1.82, 2.24) is 0 Å². The van der Waals surface area contributed by atoms with Crippen molar-refractivity contribution in [3.63, 3.8) is 0 Å².